The molecule has 2 aromatic heterocycles. The minimum absolute atomic E-state index is 0.144. The van der Waals surface area contributed by atoms with E-state index in [-0.39, 0.29) is 6.04 Å². The maximum absolute atomic E-state index is 4.46. The Labute approximate surface area is 101 Å². The summed E-state index contributed by atoms with van der Waals surface area (Å²) in [6.45, 7) is 6.30. The molecule has 92 valence electrons. The van der Waals surface area contributed by atoms with Crippen LogP contribution in [-0.4, -0.2) is 19.3 Å². The van der Waals surface area contributed by atoms with Gasteiger partial charge in [0.05, 0.1) is 6.04 Å². The lowest BCUT2D eigenvalue weighted by atomic mass is 10.3. The Bertz CT molecular complexity index is 483. The van der Waals surface area contributed by atoms with Gasteiger partial charge in [-0.25, -0.2) is 4.98 Å². The molecule has 2 aromatic rings. The molecule has 0 aliphatic heterocycles. The maximum Gasteiger partial charge on any atom is 0.148 e. The summed E-state index contributed by atoms with van der Waals surface area (Å²) >= 11 is 0. The lowest BCUT2D eigenvalue weighted by molar-refractivity contribution is 0.533. The number of nitrogens with one attached hydrogen (secondary N) is 1. The molecule has 0 amide bonds. The molecule has 0 aliphatic carbocycles. The Morgan fingerprint density at radius 1 is 1.24 bits per heavy atom. The van der Waals surface area contributed by atoms with Gasteiger partial charge in [-0.2, -0.15) is 5.10 Å². The average Bonchev–Trinajstić information content (AvgIpc) is 2.86. The topological polar surface area (TPSA) is 47.7 Å². The Balaban J connectivity index is 2.08. The molecule has 1 unspecified atom stereocenters. The summed E-state index contributed by atoms with van der Waals surface area (Å²) < 4.78 is 3.95. The number of nitrogens with zero attached hydrogens (tertiary/aromatic N) is 4. The van der Waals surface area contributed by atoms with Gasteiger partial charge in [-0.1, -0.05) is 0 Å². The minimum atomic E-state index is 0.144. The zero-order valence-electron chi connectivity index (χ0n) is 10.8. The molecule has 0 fully saturated rings. The van der Waals surface area contributed by atoms with E-state index in [2.05, 4.69) is 36.2 Å². The minimum Gasteiger partial charge on any atom is -0.359 e. The SMILES string of the molecule is CC(Nc1ccn(C(C)C)n1)c1nccn1C. The number of imidazole rings is 1. The summed E-state index contributed by atoms with van der Waals surface area (Å²) in [6, 6.07) is 2.51. The van der Waals surface area contributed by atoms with Gasteiger partial charge in [0.15, 0.2) is 0 Å². The molecule has 17 heavy (non-hydrogen) atoms. The highest BCUT2D eigenvalue weighted by atomic mass is 15.3. The molecule has 1 atom stereocenters. The molecular formula is C12H19N5. The summed E-state index contributed by atoms with van der Waals surface area (Å²) in [5.41, 5.74) is 0. The number of aryl methyl sites for hydroxylation is 1. The Hall–Kier alpha value is -1.78. The van der Waals surface area contributed by atoms with Gasteiger partial charge in [0.2, 0.25) is 0 Å². The van der Waals surface area contributed by atoms with Crippen molar-refractivity contribution in [3.8, 4) is 0 Å². The van der Waals surface area contributed by atoms with E-state index >= 15 is 0 Å². The van der Waals surface area contributed by atoms with Crippen molar-refractivity contribution in [3.05, 3.63) is 30.5 Å². The molecule has 5 heteroatoms. The van der Waals surface area contributed by atoms with Crippen LogP contribution >= 0.6 is 0 Å². The van der Waals surface area contributed by atoms with Crippen molar-refractivity contribution < 1.29 is 0 Å². The fraction of sp³-hybridized carbons (Fsp3) is 0.500. The third kappa shape index (κ3) is 2.49. The van der Waals surface area contributed by atoms with Crippen molar-refractivity contribution in [3.63, 3.8) is 0 Å². The van der Waals surface area contributed by atoms with Crippen LogP contribution in [0.4, 0.5) is 5.82 Å². The van der Waals surface area contributed by atoms with Gasteiger partial charge in [-0.15, -0.1) is 0 Å². The van der Waals surface area contributed by atoms with Gasteiger partial charge in [-0.05, 0) is 20.8 Å². The molecule has 0 aromatic carbocycles. The van der Waals surface area contributed by atoms with Crippen LogP contribution in [0, 0.1) is 0 Å². The van der Waals surface area contributed by atoms with E-state index in [1.165, 1.54) is 0 Å². The smallest absolute Gasteiger partial charge is 0.148 e. The third-order valence-electron chi connectivity index (χ3n) is 2.75. The molecule has 1 N–H and O–H groups in total. The Morgan fingerprint density at radius 2 is 2.00 bits per heavy atom. The standard InChI is InChI=1S/C12H19N5/c1-9(2)17-7-5-11(15-17)14-10(3)12-13-6-8-16(12)4/h5-10H,1-4H3,(H,14,15). The van der Waals surface area contributed by atoms with Crippen LogP contribution in [0.15, 0.2) is 24.7 Å². The fourth-order valence-corrected chi connectivity index (χ4v) is 1.78. The summed E-state index contributed by atoms with van der Waals surface area (Å²) in [6.07, 6.45) is 5.73. The monoisotopic (exact) mass is 233 g/mol. The normalized spacial score (nSPS) is 13.0. The van der Waals surface area contributed by atoms with Crippen LogP contribution in [0.1, 0.15) is 38.7 Å². The molecule has 2 rings (SSSR count). The predicted octanol–water partition coefficient (Wildman–Crippen LogP) is 2.37. The van der Waals surface area contributed by atoms with Crippen molar-refractivity contribution in [2.45, 2.75) is 32.9 Å². The molecule has 0 saturated heterocycles. The van der Waals surface area contributed by atoms with Crippen LogP contribution in [0.25, 0.3) is 0 Å². The lowest BCUT2D eigenvalue weighted by Gasteiger charge is -2.13. The largest absolute Gasteiger partial charge is 0.359 e. The van der Waals surface area contributed by atoms with Crippen LogP contribution in [0.5, 0.6) is 0 Å². The fourth-order valence-electron chi connectivity index (χ4n) is 1.78. The molecule has 0 saturated carbocycles. The number of hydrogen-bond donors (Lipinski definition) is 1. The average molecular weight is 233 g/mol. The first-order valence-corrected chi connectivity index (χ1v) is 5.87. The Morgan fingerprint density at radius 3 is 2.53 bits per heavy atom. The summed E-state index contributed by atoms with van der Waals surface area (Å²) in [5.74, 6) is 1.89. The first kappa shape index (κ1) is 11.7. The molecule has 0 radical (unpaired) electrons. The molecule has 2 heterocycles. The number of anilines is 1. The number of aromatic nitrogens is 4. The van der Waals surface area contributed by atoms with Gasteiger partial charge in [0.1, 0.15) is 11.6 Å². The number of rotatable bonds is 4. The summed E-state index contributed by atoms with van der Waals surface area (Å²) in [7, 11) is 1.99. The van der Waals surface area contributed by atoms with Gasteiger partial charge in [0.25, 0.3) is 0 Å². The lowest BCUT2D eigenvalue weighted by Crippen LogP contribution is -2.12. The van der Waals surface area contributed by atoms with E-state index in [9.17, 15) is 0 Å². The second kappa shape index (κ2) is 4.61. The molecular weight excluding hydrogens is 214 g/mol. The van der Waals surface area contributed by atoms with E-state index in [1.54, 1.807) is 6.20 Å². The highest BCUT2D eigenvalue weighted by molar-refractivity contribution is 5.34. The zero-order chi connectivity index (χ0) is 12.4. The van der Waals surface area contributed by atoms with E-state index in [0.29, 0.717) is 6.04 Å². The van der Waals surface area contributed by atoms with Gasteiger partial charge in [0, 0.05) is 37.7 Å². The molecule has 0 bridgehead atoms. The molecule has 0 aliphatic rings. The Kier molecular flexibility index (Phi) is 3.17. The second-order valence-corrected chi connectivity index (χ2v) is 4.54. The first-order chi connectivity index (χ1) is 8.08. The summed E-state index contributed by atoms with van der Waals surface area (Å²) in [4.78, 5) is 4.32. The van der Waals surface area contributed by atoms with Gasteiger partial charge in [-0.3, -0.25) is 4.68 Å². The quantitative estimate of drug-likeness (QED) is 0.882. The van der Waals surface area contributed by atoms with Gasteiger partial charge < -0.3 is 9.88 Å². The highest BCUT2D eigenvalue weighted by Crippen LogP contribution is 2.16. The molecule has 0 spiro atoms. The van der Waals surface area contributed by atoms with Gasteiger partial charge >= 0.3 is 0 Å². The maximum atomic E-state index is 4.46. The second-order valence-electron chi connectivity index (χ2n) is 4.54. The highest BCUT2D eigenvalue weighted by Gasteiger charge is 2.11. The van der Waals surface area contributed by atoms with E-state index < -0.39 is 0 Å². The van der Waals surface area contributed by atoms with Crippen molar-refractivity contribution in [1.82, 2.24) is 19.3 Å². The first-order valence-electron chi connectivity index (χ1n) is 5.87. The zero-order valence-corrected chi connectivity index (χ0v) is 10.8. The number of hydrogen-bond acceptors (Lipinski definition) is 3. The van der Waals surface area contributed by atoms with E-state index in [0.717, 1.165) is 11.6 Å². The molecule has 5 nitrogen and oxygen atoms in total. The van der Waals surface area contributed by atoms with Crippen LogP contribution in [0.3, 0.4) is 0 Å². The third-order valence-corrected chi connectivity index (χ3v) is 2.75. The predicted molar refractivity (Wildman–Crippen MR) is 67.9 cm³/mol. The van der Waals surface area contributed by atoms with Crippen LogP contribution in [0.2, 0.25) is 0 Å². The van der Waals surface area contributed by atoms with E-state index in [1.807, 2.05) is 34.8 Å². The van der Waals surface area contributed by atoms with E-state index in [4.69, 9.17) is 0 Å². The van der Waals surface area contributed by atoms with Crippen molar-refractivity contribution in [2.75, 3.05) is 5.32 Å². The van der Waals surface area contributed by atoms with Crippen molar-refractivity contribution in [2.24, 2.45) is 7.05 Å². The summed E-state index contributed by atoms with van der Waals surface area (Å²) in [5, 5.41) is 7.80. The van der Waals surface area contributed by atoms with Crippen LogP contribution < -0.4 is 5.32 Å². The van der Waals surface area contributed by atoms with Crippen molar-refractivity contribution >= 4 is 5.82 Å². The van der Waals surface area contributed by atoms with Crippen molar-refractivity contribution in [1.29, 1.82) is 0 Å². The van der Waals surface area contributed by atoms with Crippen LogP contribution in [-0.2, 0) is 7.05 Å².